The van der Waals surface area contributed by atoms with E-state index in [0.717, 1.165) is 44.9 Å². The Morgan fingerprint density at radius 3 is 1.44 bits per heavy atom. The van der Waals surface area contributed by atoms with Crippen LogP contribution in [-0.2, 0) is 5.41 Å². The number of benzene rings is 8. The zero-order valence-corrected chi connectivity index (χ0v) is 33.8. The molecule has 12 rings (SSSR count). The first-order valence-corrected chi connectivity index (χ1v) is 21.3. The van der Waals surface area contributed by atoms with Crippen LogP contribution in [0.2, 0.25) is 0 Å². The second kappa shape index (κ2) is 14.6. The maximum Gasteiger partial charge on any atom is 0.164 e. The van der Waals surface area contributed by atoms with E-state index in [1.54, 1.807) is 0 Å². The highest BCUT2D eigenvalue weighted by Gasteiger charge is 2.56. The van der Waals surface area contributed by atoms with Crippen molar-refractivity contribution in [1.29, 1.82) is 0 Å². The summed E-state index contributed by atoms with van der Waals surface area (Å²) in [6.07, 6.45) is 9.14. The van der Waals surface area contributed by atoms with Crippen LogP contribution in [0.4, 0.5) is 0 Å². The van der Waals surface area contributed by atoms with E-state index in [9.17, 15) is 0 Å². The van der Waals surface area contributed by atoms with E-state index in [4.69, 9.17) is 19.7 Å². The van der Waals surface area contributed by atoms with Crippen LogP contribution in [0.1, 0.15) is 28.2 Å². The number of fused-ring (bicyclic) bond motifs is 9. The van der Waals surface area contributed by atoms with Crippen molar-refractivity contribution in [2.75, 3.05) is 0 Å². The molecule has 9 aromatic rings. The number of hydrogen-bond donors (Lipinski definition) is 0. The van der Waals surface area contributed by atoms with Crippen molar-refractivity contribution in [1.82, 2.24) is 15.0 Å². The Hall–Kier alpha value is -7.95. The van der Waals surface area contributed by atoms with Gasteiger partial charge in [0.15, 0.2) is 17.5 Å². The van der Waals surface area contributed by atoms with Gasteiger partial charge in [-0.25, -0.2) is 15.0 Å². The predicted molar refractivity (Wildman–Crippen MR) is 250 cm³/mol. The molecule has 3 atom stereocenters. The number of nitrogens with zero attached hydrogens (tertiary/aromatic N) is 3. The third-order valence-electron chi connectivity index (χ3n) is 12.9. The molecule has 1 spiro atoms. The van der Waals surface area contributed by atoms with E-state index in [1.807, 2.05) is 18.2 Å². The number of allylic oxidation sites excluding steroid dienone is 4. The first-order chi connectivity index (χ1) is 30.7. The van der Waals surface area contributed by atoms with Crippen LogP contribution in [0.5, 0.6) is 11.5 Å². The van der Waals surface area contributed by atoms with Crippen molar-refractivity contribution in [3.8, 4) is 79.0 Å². The van der Waals surface area contributed by atoms with Gasteiger partial charge >= 0.3 is 0 Å². The molecule has 0 fully saturated rings. The SMILES string of the molecule is C1=CC2c3ccccc3C3(c4ccccc4Oc4ccc(-c5nc(-c6ccccc6)nc(-c6ccc(-c7cc(-c8ccccc8)cc(-c8ccccc8)c7)cc6)n5)cc43)C2C=C1. The number of aromatic nitrogens is 3. The second-order valence-electron chi connectivity index (χ2n) is 16.3. The lowest BCUT2D eigenvalue weighted by molar-refractivity contribution is 0.374. The van der Waals surface area contributed by atoms with Crippen LogP contribution in [0.15, 0.2) is 224 Å². The Morgan fingerprint density at radius 1 is 0.339 bits per heavy atom. The minimum atomic E-state index is -0.477. The van der Waals surface area contributed by atoms with Crippen molar-refractivity contribution in [2.45, 2.75) is 11.3 Å². The molecule has 2 heterocycles. The Balaban J connectivity index is 0.992. The van der Waals surface area contributed by atoms with Gasteiger partial charge in [0.25, 0.3) is 0 Å². The summed E-state index contributed by atoms with van der Waals surface area (Å²) < 4.78 is 6.75. The Morgan fingerprint density at radius 2 is 0.790 bits per heavy atom. The first-order valence-electron chi connectivity index (χ1n) is 21.3. The number of rotatable bonds is 6. The van der Waals surface area contributed by atoms with E-state index in [0.29, 0.717) is 17.5 Å². The molecule has 0 amide bonds. The van der Waals surface area contributed by atoms with Gasteiger partial charge in [0, 0.05) is 39.7 Å². The third-order valence-corrected chi connectivity index (χ3v) is 12.9. The fourth-order valence-electron chi connectivity index (χ4n) is 10.1. The third kappa shape index (κ3) is 5.87. The lowest BCUT2D eigenvalue weighted by Gasteiger charge is -2.43. The molecule has 4 heteroatoms. The normalized spacial score (nSPS) is 17.7. The highest BCUT2D eigenvalue weighted by molar-refractivity contribution is 5.82. The zero-order valence-electron chi connectivity index (χ0n) is 33.8. The van der Waals surface area contributed by atoms with Gasteiger partial charge in [0.05, 0.1) is 5.41 Å². The molecule has 0 saturated heterocycles. The fourth-order valence-corrected chi connectivity index (χ4v) is 10.1. The number of hydrogen-bond acceptors (Lipinski definition) is 4. The van der Waals surface area contributed by atoms with Crippen molar-refractivity contribution in [3.63, 3.8) is 0 Å². The molecule has 8 aromatic carbocycles. The standard InChI is InChI=1S/C58H39N3O/c1-4-16-38(17-5-1)44-34-45(39-18-6-2-7-19-39)36-46(35-44)40-28-30-42(31-29-40)56-59-55(41-20-8-3-9-21-41)60-57(61-56)43-32-33-54-52(37-43)58(51-26-14-15-27-53(51)62-54)49-24-12-10-22-47(49)48-23-11-13-25-50(48)58/h1-37,47,49H. The Labute approximate surface area is 361 Å². The van der Waals surface area contributed by atoms with E-state index < -0.39 is 5.41 Å². The molecule has 3 aliphatic rings. The monoisotopic (exact) mass is 793 g/mol. The first kappa shape index (κ1) is 35.9. The minimum absolute atomic E-state index is 0.161. The molecule has 4 nitrogen and oxygen atoms in total. The predicted octanol–water partition coefficient (Wildman–Crippen LogP) is 14.2. The zero-order chi connectivity index (χ0) is 41.0. The van der Waals surface area contributed by atoms with E-state index in [-0.39, 0.29) is 11.8 Å². The molecule has 0 saturated carbocycles. The van der Waals surface area contributed by atoms with Gasteiger partial charge < -0.3 is 4.74 Å². The topological polar surface area (TPSA) is 47.9 Å². The summed E-state index contributed by atoms with van der Waals surface area (Å²) in [4.78, 5) is 15.6. The molecule has 2 aliphatic carbocycles. The molecule has 1 aromatic heterocycles. The highest BCUT2D eigenvalue weighted by atomic mass is 16.5. The van der Waals surface area contributed by atoms with Crippen molar-refractivity contribution in [3.05, 3.63) is 247 Å². The molecule has 1 aliphatic heterocycles. The molecule has 3 unspecified atom stereocenters. The minimum Gasteiger partial charge on any atom is -0.457 e. The Kier molecular flexibility index (Phi) is 8.49. The van der Waals surface area contributed by atoms with E-state index in [2.05, 4.69) is 206 Å². The van der Waals surface area contributed by atoms with Gasteiger partial charge in [-0.05, 0) is 87.0 Å². The fraction of sp³-hybridized carbons (Fsp3) is 0.0517. The van der Waals surface area contributed by atoms with Crippen molar-refractivity contribution < 1.29 is 4.74 Å². The van der Waals surface area contributed by atoms with Crippen LogP contribution >= 0.6 is 0 Å². The van der Waals surface area contributed by atoms with Crippen LogP contribution < -0.4 is 4.74 Å². The molecule has 0 bridgehead atoms. The molecular formula is C58H39N3O. The van der Waals surface area contributed by atoms with Crippen molar-refractivity contribution in [2.24, 2.45) is 5.92 Å². The number of ether oxygens (including phenoxy) is 1. The molecule has 0 radical (unpaired) electrons. The lowest BCUT2D eigenvalue weighted by Crippen LogP contribution is -2.37. The van der Waals surface area contributed by atoms with Gasteiger partial charge in [0.2, 0.25) is 0 Å². The Bertz CT molecular complexity index is 3150. The van der Waals surface area contributed by atoms with Gasteiger partial charge in [-0.2, -0.15) is 0 Å². The van der Waals surface area contributed by atoms with Gasteiger partial charge in [-0.3, -0.25) is 0 Å². The van der Waals surface area contributed by atoms with Crippen molar-refractivity contribution >= 4 is 0 Å². The summed E-state index contributed by atoms with van der Waals surface area (Å²) in [5.41, 5.74) is 14.2. The van der Waals surface area contributed by atoms with Gasteiger partial charge in [0.1, 0.15) is 11.5 Å². The smallest absolute Gasteiger partial charge is 0.164 e. The average Bonchev–Trinajstić information content (AvgIpc) is 3.65. The maximum atomic E-state index is 6.75. The van der Waals surface area contributed by atoms with E-state index >= 15 is 0 Å². The maximum absolute atomic E-state index is 6.75. The van der Waals surface area contributed by atoms with Crippen LogP contribution in [-0.4, -0.2) is 15.0 Å². The summed E-state index contributed by atoms with van der Waals surface area (Å²) in [5, 5.41) is 0. The van der Waals surface area contributed by atoms with Crippen LogP contribution in [0.25, 0.3) is 67.5 Å². The summed E-state index contributed by atoms with van der Waals surface area (Å²) in [7, 11) is 0. The number of para-hydroxylation sites is 1. The summed E-state index contributed by atoms with van der Waals surface area (Å²) in [6, 6.07) is 70.8. The highest BCUT2D eigenvalue weighted by Crippen LogP contribution is 2.64. The van der Waals surface area contributed by atoms with Gasteiger partial charge in [-0.15, -0.1) is 0 Å². The molecular weight excluding hydrogens is 755 g/mol. The summed E-state index contributed by atoms with van der Waals surface area (Å²) in [6.45, 7) is 0. The van der Waals surface area contributed by atoms with E-state index in [1.165, 1.54) is 38.9 Å². The van der Waals surface area contributed by atoms with Crippen LogP contribution in [0, 0.1) is 5.92 Å². The molecule has 0 N–H and O–H groups in total. The average molecular weight is 794 g/mol. The quantitative estimate of drug-likeness (QED) is 0.168. The molecule has 62 heavy (non-hydrogen) atoms. The largest absolute Gasteiger partial charge is 0.457 e. The second-order valence-corrected chi connectivity index (χ2v) is 16.3. The van der Waals surface area contributed by atoms with Gasteiger partial charge in [-0.1, -0.05) is 182 Å². The summed E-state index contributed by atoms with van der Waals surface area (Å²) in [5.74, 6) is 3.99. The van der Waals surface area contributed by atoms with Crippen LogP contribution in [0.3, 0.4) is 0 Å². The lowest BCUT2D eigenvalue weighted by atomic mass is 9.61. The molecule has 292 valence electrons. The summed E-state index contributed by atoms with van der Waals surface area (Å²) >= 11 is 0.